The van der Waals surface area contributed by atoms with E-state index < -0.39 is 94.2 Å². The molecular weight excluding hydrogens is 548 g/mol. The van der Waals surface area contributed by atoms with Crippen molar-refractivity contribution in [1.82, 2.24) is 0 Å². The Labute approximate surface area is 250 Å². The van der Waals surface area contributed by atoms with Crippen molar-refractivity contribution < 1.29 is 52.4 Å². The van der Waals surface area contributed by atoms with E-state index >= 15 is 0 Å². The number of esters is 5. The van der Waals surface area contributed by atoms with E-state index in [4.69, 9.17) is 28.4 Å². The molecule has 1 saturated heterocycles. The largest absolute Gasteiger partial charge is 0.462 e. The fourth-order valence-corrected chi connectivity index (χ4v) is 3.07. The molecule has 0 aromatic rings. The Hall–Kier alpha value is -2.69. The summed E-state index contributed by atoms with van der Waals surface area (Å²) in [7, 11) is 0. The van der Waals surface area contributed by atoms with E-state index in [1.807, 2.05) is 0 Å². The van der Waals surface area contributed by atoms with Crippen molar-refractivity contribution in [3.63, 3.8) is 0 Å². The molecule has 0 saturated carbocycles. The Kier molecular flexibility index (Phi) is 11.5. The Morgan fingerprint density at radius 1 is 0.452 bits per heavy atom. The lowest BCUT2D eigenvalue weighted by atomic mass is 9.92. The molecule has 11 heteroatoms. The third-order valence-corrected chi connectivity index (χ3v) is 5.98. The van der Waals surface area contributed by atoms with Gasteiger partial charge in [-0.2, -0.15) is 0 Å². The predicted octanol–water partition coefficient (Wildman–Crippen LogP) is 4.76. The average Bonchev–Trinajstić information content (AvgIpc) is 2.77. The number of carbonyl (C=O) groups excluding carboxylic acids is 5. The van der Waals surface area contributed by atoms with Crippen molar-refractivity contribution in [3.8, 4) is 0 Å². The van der Waals surface area contributed by atoms with Crippen LogP contribution in [0.25, 0.3) is 0 Å². The van der Waals surface area contributed by atoms with Gasteiger partial charge in [0.15, 0.2) is 12.2 Å². The van der Waals surface area contributed by atoms with Gasteiger partial charge in [-0.3, -0.25) is 24.0 Å². The Bertz CT molecular complexity index is 1010. The molecule has 2 unspecified atom stereocenters. The third-order valence-electron chi connectivity index (χ3n) is 5.98. The smallest absolute Gasteiger partial charge is 0.313 e. The van der Waals surface area contributed by atoms with Crippen LogP contribution in [0.15, 0.2) is 0 Å². The number of hydrogen-bond acceptors (Lipinski definition) is 11. The fourth-order valence-electron chi connectivity index (χ4n) is 3.07. The maximum atomic E-state index is 13.2. The van der Waals surface area contributed by atoms with Crippen LogP contribution >= 0.6 is 0 Å². The Morgan fingerprint density at radius 2 is 0.762 bits per heavy atom. The molecule has 0 aromatic heterocycles. The van der Waals surface area contributed by atoms with Gasteiger partial charge in [-0.25, -0.2) is 0 Å². The number of hydrogen-bond donors (Lipinski definition) is 0. The molecule has 0 radical (unpaired) electrons. The van der Waals surface area contributed by atoms with E-state index in [1.54, 1.807) is 104 Å². The van der Waals surface area contributed by atoms with Gasteiger partial charge in [0.1, 0.15) is 12.7 Å². The minimum atomic E-state index is -1.59. The zero-order valence-electron chi connectivity index (χ0n) is 28.1. The van der Waals surface area contributed by atoms with Gasteiger partial charge >= 0.3 is 29.8 Å². The highest BCUT2D eigenvalue weighted by atomic mass is 16.7. The fraction of sp³-hybridized carbons (Fsp3) is 0.839. The molecule has 1 fully saturated rings. The number of ether oxygens (including phenoxy) is 6. The molecule has 0 aliphatic carbocycles. The molecule has 1 aliphatic heterocycles. The van der Waals surface area contributed by atoms with Crippen LogP contribution in [-0.2, 0) is 52.4 Å². The van der Waals surface area contributed by atoms with Crippen LogP contribution in [0.2, 0.25) is 0 Å². The average molecular weight is 601 g/mol. The lowest BCUT2D eigenvalue weighted by Gasteiger charge is -2.45. The molecule has 11 nitrogen and oxygen atoms in total. The van der Waals surface area contributed by atoms with Crippen molar-refractivity contribution in [2.75, 3.05) is 6.61 Å². The van der Waals surface area contributed by atoms with Crippen LogP contribution in [0.5, 0.6) is 0 Å². The predicted molar refractivity (Wildman–Crippen MR) is 153 cm³/mol. The second-order valence-corrected chi connectivity index (χ2v) is 15.9. The topological polar surface area (TPSA) is 141 Å². The van der Waals surface area contributed by atoms with Crippen LogP contribution in [0, 0.1) is 27.1 Å². The molecule has 0 aromatic carbocycles. The monoisotopic (exact) mass is 600 g/mol. The molecule has 5 atom stereocenters. The van der Waals surface area contributed by atoms with Crippen LogP contribution in [-0.4, -0.2) is 67.2 Å². The number of carbonyl (C=O) groups is 5. The molecule has 242 valence electrons. The summed E-state index contributed by atoms with van der Waals surface area (Å²) in [6.07, 6.45) is -7.27. The first-order valence-corrected chi connectivity index (χ1v) is 14.2. The highest BCUT2D eigenvalue weighted by Gasteiger charge is 2.56. The van der Waals surface area contributed by atoms with Crippen molar-refractivity contribution in [3.05, 3.63) is 0 Å². The Morgan fingerprint density at radius 3 is 1.12 bits per heavy atom. The van der Waals surface area contributed by atoms with Crippen LogP contribution in [0.4, 0.5) is 0 Å². The van der Waals surface area contributed by atoms with E-state index in [0.29, 0.717) is 0 Å². The molecule has 1 heterocycles. The van der Waals surface area contributed by atoms with Gasteiger partial charge in [0.05, 0.1) is 27.1 Å². The van der Waals surface area contributed by atoms with Crippen molar-refractivity contribution >= 4 is 29.8 Å². The standard InChI is InChI=1S/C31H52O11/c1-27(2,3)22(32)37-16-17-18(39-23(33)28(4,5)6)19(40-24(34)29(7,8)9)20(41-25(35)30(10,11)12)21(38-17)42-26(36)31(13,14)15/h17-21H,16H2,1-15H3/t17?,18-,19?,20-,21-/m1/s1. The van der Waals surface area contributed by atoms with E-state index in [1.165, 1.54) is 0 Å². The van der Waals surface area contributed by atoms with Gasteiger partial charge in [-0.1, -0.05) is 0 Å². The lowest BCUT2D eigenvalue weighted by Crippen LogP contribution is -2.64. The zero-order valence-corrected chi connectivity index (χ0v) is 28.1. The van der Waals surface area contributed by atoms with Gasteiger partial charge in [0, 0.05) is 0 Å². The summed E-state index contributed by atoms with van der Waals surface area (Å²) >= 11 is 0. The van der Waals surface area contributed by atoms with Crippen LogP contribution in [0.3, 0.4) is 0 Å². The van der Waals surface area contributed by atoms with Gasteiger partial charge in [-0.15, -0.1) is 0 Å². The maximum absolute atomic E-state index is 13.2. The number of rotatable bonds is 6. The molecule has 0 amide bonds. The summed E-state index contributed by atoms with van der Waals surface area (Å²) in [5.74, 6) is -3.34. The maximum Gasteiger partial charge on any atom is 0.313 e. The van der Waals surface area contributed by atoms with Gasteiger partial charge in [-0.05, 0) is 104 Å². The summed E-state index contributed by atoms with van der Waals surface area (Å²) in [5, 5.41) is 0. The lowest BCUT2D eigenvalue weighted by molar-refractivity contribution is -0.306. The molecular formula is C31H52O11. The van der Waals surface area contributed by atoms with E-state index in [-0.39, 0.29) is 0 Å². The first-order valence-electron chi connectivity index (χ1n) is 14.2. The SMILES string of the molecule is CC(C)(C)C(=O)OCC1O[C@H](OC(=O)C(C)(C)C)[C@H](OC(=O)C(C)(C)C)C(OC(=O)C(C)(C)C)[C@@H]1OC(=O)C(C)(C)C. The highest BCUT2D eigenvalue weighted by Crippen LogP contribution is 2.35. The van der Waals surface area contributed by atoms with Crippen LogP contribution in [0.1, 0.15) is 104 Å². The highest BCUT2D eigenvalue weighted by molar-refractivity contribution is 5.78. The van der Waals surface area contributed by atoms with Crippen molar-refractivity contribution in [2.45, 2.75) is 135 Å². The summed E-state index contributed by atoms with van der Waals surface area (Å²) in [4.78, 5) is 65.3. The summed E-state index contributed by atoms with van der Waals surface area (Å²) in [6.45, 7) is 24.1. The first kappa shape index (κ1) is 37.3. The second-order valence-electron chi connectivity index (χ2n) is 15.9. The summed E-state index contributed by atoms with van der Waals surface area (Å²) < 4.78 is 34.9. The molecule has 42 heavy (non-hydrogen) atoms. The van der Waals surface area contributed by atoms with E-state index in [9.17, 15) is 24.0 Å². The van der Waals surface area contributed by atoms with E-state index in [2.05, 4.69) is 0 Å². The normalized spacial score (nSPS) is 23.8. The molecule has 0 N–H and O–H groups in total. The molecule has 1 rings (SSSR count). The summed E-state index contributed by atoms with van der Waals surface area (Å²) in [6, 6.07) is 0. The molecule has 0 bridgehead atoms. The third kappa shape index (κ3) is 10.5. The molecule has 1 aliphatic rings. The minimum absolute atomic E-state index is 0.439. The molecule has 0 spiro atoms. The van der Waals surface area contributed by atoms with Crippen molar-refractivity contribution in [1.29, 1.82) is 0 Å². The van der Waals surface area contributed by atoms with Crippen molar-refractivity contribution in [2.24, 2.45) is 27.1 Å². The minimum Gasteiger partial charge on any atom is -0.462 e. The first-order chi connectivity index (χ1) is 18.6. The van der Waals surface area contributed by atoms with E-state index in [0.717, 1.165) is 0 Å². The van der Waals surface area contributed by atoms with Gasteiger partial charge in [0.2, 0.25) is 12.4 Å². The van der Waals surface area contributed by atoms with Gasteiger partial charge < -0.3 is 28.4 Å². The zero-order chi connectivity index (χ0) is 33.2. The van der Waals surface area contributed by atoms with Crippen LogP contribution < -0.4 is 0 Å². The summed E-state index contributed by atoms with van der Waals surface area (Å²) in [5.41, 5.74) is -4.86. The van der Waals surface area contributed by atoms with Gasteiger partial charge in [0.25, 0.3) is 0 Å². The Balaban J connectivity index is 3.82. The second kappa shape index (κ2) is 12.9. The quantitative estimate of drug-likeness (QED) is 0.308.